The molecule has 2 amide bonds. The van der Waals surface area contributed by atoms with Gasteiger partial charge in [0.1, 0.15) is 0 Å². The van der Waals surface area contributed by atoms with Gasteiger partial charge in [-0.1, -0.05) is 12.5 Å². The van der Waals surface area contributed by atoms with E-state index in [4.69, 9.17) is 4.74 Å². The molecular weight excluding hydrogens is 256 g/mol. The van der Waals surface area contributed by atoms with Gasteiger partial charge in [-0.25, -0.2) is 9.69 Å². The molecule has 0 N–H and O–H groups in total. The first-order chi connectivity index (χ1) is 9.71. The minimum atomic E-state index is -0.862. The molecule has 1 aromatic heterocycles. The first kappa shape index (κ1) is 13.1. The Morgan fingerprint density at radius 1 is 1.20 bits per heavy atom. The van der Waals surface area contributed by atoms with Gasteiger partial charge in [0.2, 0.25) is 0 Å². The van der Waals surface area contributed by atoms with Crippen LogP contribution in [0.5, 0.6) is 0 Å². The van der Waals surface area contributed by atoms with Gasteiger partial charge in [0.15, 0.2) is 5.60 Å². The fourth-order valence-electron chi connectivity index (χ4n) is 3.00. The number of nitrogens with zero attached hydrogens (tertiary/aromatic N) is 2. The Bertz CT molecular complexity index is 509. The van der Waals surface area contributed by atoms with Crippen LogP contribution in [-0.2, 0) is 16.0 Å². The summed E-state index contributed by atoms with van der Waals surface area (Å²) >= 11 is 0. The predicted octanol–water partition coefficient (Wildman–Crippen LogP) is 2.31. The van der Waals surface area contributed by atoms with Gasteiger partial charge in [0.25, 0.3) is 5.91 Å². The Hall–Kier alpha value is -1.91. The van der Waals surface area contributed by atoms with Crippen molar-refractivity contribution in [1.29, 1.82) is 0 Å². The summed E-state index contributed by atoms with van der Waals surface area (Å²) in [6.07, 6.45) is 6.13. The molecule has 2 aliphatic rings. The molecule has 20 heavy (non-hydrogen) atoms. The summed E-state index contributed by atoms with van der Waals surface area (Å²) in [4.78, 5) is 29.9. The topological polar surface area (TPSA) is 59.5 Å². The molecule has 0 radical (unpaired) electrons. The molecule has 1 aliphatic heterocycles. The Morgan fingerprint density at radius 2 is 2.00 bits per heavy atom. The van der Waals surface area contributed by atoms with Crippen molar-refractivity contribution >= 4 is 12.0 Å². The highest BCUT2D eigenvalue weighted by molar-refractivity contribution is 6.02. The maximum absolute atomic E-state index is 12.5. The zero-order chi connectivity index (χ0) is 14.0. The minimum absolute atomic E-state index is 0.155. The Balaban J connectivity index is 1.68. The van der Waals surface area contributed by atoms with Crippen molar-refractivity contribution in [1.82, 2.24) is 9.88 Å². The first-order valence-electron chi connectivity index (χ1n) is 7.16. The van der Waals surface area contributed by atoms with Crippen LogP contribution in [0.25, 0.3) is 0 Å². The van der Waals surface area contributed by atoms with Crippen LogP contribution >= 0.6 is 0 Å². The summed E-state index contributed by atoms with van der Waals surface area (Å²) in [6.45, 7) is 0.344. The fraction of sp³-hybridized carbons (Fsp3) is 0.533. The van der Waals surface area contributed by atoms with E-state index in [9.17, 15) is 9.59 Å². The smallest absolute Gasteiger partial charge is 0.417 e. The van der Waals surface area contributed by atoms with Crippen molar-refractivity contribution in [3.05, 3.63) is 30.1 Å². The van der Waals surface area contributed by atoms with Crippen molar-refractivity contribution in [2.24, 2.45) is 0 Å². The number of hydrogen-bond donors (Lipinski definition) is 0. The molecule has 3 rings (SSSR count). The van der Waals surface area contributed by atoms with Crippen LogP contribution in [-0.4, -0.2) is 34.0 Å². The van der Waals surface area contributed by atoms with E-state index in [0.29, 0.717) is 25.8 Å². The number of imide groups is 1. The zero-order valence-corrected chi connectivity index (χ0v) is 11.4. The van der Waals surface area contributed by atoms with Crippen LogP contribution < -0.4 is 0 Å². The van der Waals surface area contributed by atoms with Gasteiger partial charge in [0, 0.05) is 24.9 Å². The van der Waals surface area contributed by atoms with E-state index in [-0.39, 0.29) is 5.91 Å². The van der Waals surface area contributed by atoms with Crippen LogP contribution in [0.2, 0.25) is 0 Å². The lowest BCUT2D eigenvalue weighted by molar-refractivity contribution is -0.139. The number of pyridine rings is 1. The molecule has 1 saturated carbocycles. The lowest BCUT2D eigenvalue weighted by atomic mass is 9.84. The molecule has 1 aromatic rings. The summed E-state index contributed by atoms with van der Waals surface area (Å²) in [5.41, 5.74) is 0.0112. The lowest BCUT2D eigenvalue weighted by Crippen LogP contribution is -2.43. The van der Waals surface area contributed by atoms with Crippen LogP contribution in [0.4, 0.5) is 4.79 Å². The van der Waals surface area contributed by atoms with Gasteiger partial charge in [-0.3, -0.25) is 9.78 Å². The quantitative estimate of drug-likeness (QED) is 0.848. The molecule has 0 aromatic carbocycles. The van der Waals surface area contributed by atoms with E-state index in [0.717, 1.165) is 25.0 Å². The van der Waals surface area contributed by atoms with Gasteiger partial charge in [-0.05, 0) is 37.8 Å². The lowest BCUT2D eigenvalue weighted by Gasteiger charge is -2.28. The molecular formula is C15H18N2O3. The van der Waals surface area contributed by atoms with E-state index in [1.165, 1.54) is 4.90 Å². The molecule has 5 nitrogen and oxygen atoms in total. The molecule has 106 valence electrons. The van der Waals surface area contributed by atoms with Gasteiger partial charge >= 0.3 is 6.09 Å². The average molecular weight is 274 g/mol. The second-order valence-electron chi connectivity index (χ2n) is 5.45. The number of rotatable bonds is 3. The number of carbonyl (C=O) groups is 2. The number of carbonyl (C=O) groups excluding carboxylic acids is 2. The first-order valence-corrected chi connectivity index (χ1v) is 7.16. The summed E-state index contributed by atoms with van der Waals surface area (Å²) in [5, 5.41) is 0. The van der Waals surface area contributed by atoms with E-state index >= 15 is 0 Å². The van der Waals surface area contributed by atoms with Crippen LogP contribution in [0, 0.1) is 0 Å². The molecule has 1 spiro atoms. The predicted molar refractivity (Wildman–Crippen MR) is 72.0 cm³/mol. The van der Waals surface area contributed by atoms with Gasteiger partial charge in [-0.15, -0.1) is 0 Å². The SMILES string of the molecule is O=C1OC2(CCCCC2)C(=O)N1CCc1ccccn1. The van der Waals surface area contributed by atoms with Gasteiger partial charge < -0.3 is 4.74 Å². The van der Waals surface area contributed by atoms with E-state index in [1.54, 1.807) is 6.20 Å². The standard InChI is InChI=1S/C15H18N2O3/c18-13-15(8-3-1-4-9-15)20-14(19)17(13)11-7-12-6-2-5-10-16-12/h2,5-6,10H,1,3-4,7-9,11H2. The summed E-state index contributed by atoms with van der Waals surface area (Å²) in [7, 11) is 0. The highest BCUT2D eigenvalue weighted by atomic mass is 16.6. The monoisotopic (exact) mass is 274 g/mol. The molecule has 1 saturated heterocycles. The summed E-state index contributed by atoms with van der Waals surface area (Å²) < 4.78 is 5.42. The number of aromatic nitrogens is 1. The van der Waals surface area contributed by atoms with E-state index < -0.39 is 11.7 Å². The van der Waals surface area contributed by atoms with Crippen molar-refractivity contribution in [2.45, 2.75) is 44.1 Å². The summed E-state index contributed by atoms with van der Waals surface area (Å²) in [6, 6.07) is 5.63. The molecule has 2 heterocycles. The molecule has 1 aliphatic carbocycles. The minimum Gasteiger partial charge on any atom is -0.432 e. The summed E-state index contributed by atoms with van der Waals surface area (Å²) in [5.74, 6) is -0.155. The van der Waals surface area contributed by atoms with Gasteiger partial charge in [-0.2, -0.15) is 0 Å². The van der Waals surface area contributed by atoms with E-state index in [1.807, 2.05) is 18.2 Å². The zero-order valence-electron chi connectivity index (χ0n) is 11.4. The highest BCUT2D eigenvalue weighted by Gasteiger charge is 2.53. The van der Waals surface area contributed by atoms with Crippen molar-refractivity contribution in [2.75, 3.05) is 6.54 Å². The Labute approximate surface area is 117 Å². The van der Waals surface area contributed by atoms with Crippen LogP contribution in [0.3, 0.4) is 0 Å². The molecule has 0 unspecified atom stereocenters. The fourth-order valence-corrected chi connectivity index (χ4v) is 3.00. The van der Waals surface area contributed by atoms with Crippen LogP contribution in [0.15, 0.2) is 24.4 Å². The van der Waals surface area contributed by atoms with Gasteiger partial charge in [0.05, 0.1) is 0 Å². The third kappa shape index (κ3) is 2.28. The normalized spacial score (nSPS) is 21.3. The molecule has 0 atom stereocenters. The second-order valence-corrected chi connectivity index (χ2v) is 5.45. The second kappa shape index (κ2) is 5.23. The third-order valence-corrected chi connectivity index (χ3v) is 4.12. The van der Waals surface area contributed by atoms with E-state index in [2.05, 4.69) is 4.98 Å². The largest absolute Gasteiger partial charge is 0.432 e. The number of ether oxygens (including phenoxy) is 1. The van der Waals surface area contributed by atoms with Crippen molar-refractivity contribution in [3.63, 3.8) is 0 Å². The molecule has 0 bridgehead atoms. The number of amides is 2. The molecule has 5 heteroatoms. The average Bonchev–Trinajstić information content (AvgIpc) is 2.70. The van der Waals surface area contributed by atoms with Crippen molar-refractivity contribution in [3.8, 4) is 0 Å². The molecule has 2 fully saturated rings. The van der Waals surface area contributed by atoms with Crippen LogP contribution in [0.1, 0.15) is 37.8 Å². The highest BCUT2D eigenvalue weighted by Crippen LogP contribution is 2.37. The Morgan fingerprint density at radius 3 is 2.70 bits per heavy atom. The third-order valence-electron chi connectivity index (χ3n) is 4.12. The maximum atomic E-state index is 12.5. The van der Waals surface area contributed by atoms with Crippen molar-refractivity contribution < 1.29 is 14.3 Å². The maximum Gasteiger partial charge on any atom is 0.417 e. The number of hydrogen-bond acceptors (Lipinski definition) is 4. The Kier molecular flexibility index (Phi) is 3.42.